The van der Waals surface area contributed by atoms with Crippen molar-refractivity contribution < 1.29 is 14.3 Å². The van der Waals surface area contributed by atoms with Crippen LogP contribution in [0.15, 0.2) is 42.0 Å². The van der Waals surface area contributed by atoms with E-state index in [0.29, 0.717) is 17.1 Å². The van der Waals surface area contributed by atoms with Crippen LogP contribution in [-0.4, -0.2) is 34.9 Å². The highest BCUT2D eigenvalue weighted by Gasteiger charge is 2.10. The van der Waals surface area contributed by atoms with Gasteiger partial charge in [0, 0.05) is 17.8 Å². The third-order valence-electron chi connectivity index (χ3n) is 3.37. The molecule has 0 atom stereocenters. The summed E-state index contributed by atoms with van der Waals surface area (Å²) in [6.07, 6.45) is 3.75. The second-order valence-corrected chi connectivity index (χ2v) is 6.03. The highest BCUT2D eigenvalue weighted by atomic mass is 32.1. The van der Waals surface area contributed by atoms with Crippen molar-refractivity contribution in [3.05, 3.63) is 47.7 Å². The van der Waals surface area contributed by atoms with E-state index in [1.165, 1.54) is 11.3 Å². The van der Waals surface area contributed by atoms with E-state index in [2.05, 4.69) is 21.2 Å². The number of hydrogen-bond donors (Lipinski definition) is 3. The summed E-state index contributed by atoms with van der Waals surface area (Å²) < 4.78 is 7.04. The molecule has 0 spiro atoms. The van der Waals surface area contributed by atoms with Crippen LogP contribution in [0.4, 0.5) is 5.69 Å². The molecule has 0 fully saturated rings. The quantitative estimate of drug-likeness (QED) is 0.575. The molecule has 2 amide bonds. The molecule has 0 aliphatic heterocycles. The Morgan fingerprint density at radius 2 is 2.04 bits per heavy atom. The Morgan fingerprint density at radius 1 is 1.24 bits per heavy atom. The molecule has 1 aromatic carbocycles. The average Bonchev–Trinajstić information content (AvgIpc) is 3.19. The molecule has 25 heavy (non-hydrogen) atoms. The fourth-order valence-corrected chi connectivity index (χ4v) is 2.94. The van der Waals surface area contributed by atoms with Crippen LogP contribution in [0.5, 0.6) is 5.75 Å². The van der Waals surface area contributed by atoms with Gasteiger partial charge in [-0.3, -0.25) is 24.8 Å². The van der Waals surface area contributed by atoms with Crippen molar-refractivity contribution >= 4 is 33.8 Å². The van der Waals surface area contributed by atoms with Crippen LogP contribution in [0.1, 0.15) is 5.69 Å². The maximum absolute atomic E-state index is 11.9. The predicted octanol–water partition coefficient (Wildman–Crippen LogP) is 1.21. The lowest BCUT2D eigenvalue weighted by atomic mass is 10.3. The SMILES string of the molecule is COc1ccccc1NCC(=O)NNC(=O)Cc1cn2ccsc2n1. The summed E-state index contributed by atoms with van der Waals surface area (Å²) in [5.41, 5.74) is 6.08. The molecule has 0 aliphatic rings. The maximum Gasteiger partial charge on any atom is 0.257 e. The molecule has 3 N–H and O–H groups in total. The highest BCUT2D eigenvalue weighted by molar-refractivity contribution is 7.15. The first kappa shape index (κ1) is 16.8. The smallest absolute Gasteiger partial charge is 0.257 e. The number of thiazole rings is 1. The van der Waals surface area contributed by atoms with Crippen molar-refractivity contribution in [2.24, 2.45) is 0 Å². The van der Waals surface area contributed by atoms with Gasteiger partial charge in [-0.25, -0.2) is 4.98 Å². The molecule has 2 heterocycles. The van der Waals surface area contributed by atoms with Crippen LogP contribution >= 0.6 is 11.3 Å². The molecule has 0 saturated carbocycles. The summed E-state index contributed by atoms with van der Waals surface area (Å²) in [7, 11) is 1.56. The largest absolute Gasteiger partial charge is 0.495 e. The van der Waals surface area contributed by atoms with Crippen molar-refractivity contribution in [3.8, 4) is 5.75 Å². The zero-order valence-electron chi connectivity index (χ0n) is 13.5. The Bertz CT molecular complexity index is 860. The van der Waals surface area contributed by atoms with Gasteiger partial charge in [0.1, 0.15) is 5.75 Å². The highest BCUT2D eigenvalue weighted by Crippen LogP contribution is 2.22. The van der Waals surface area contributed by atoms with Gasteiger partial charge in [0.05, 0.1) is 31.5 Å². The van der Waals surface area contributed by atoms with E-state index >= 15 is 0 Å². The van der Waals surface area contributed by atoms with Gasteiger partial charge >= 0.3 is 0 Å². The molecule has 0 saturated heterocycles. The number of benzene rings is 1. The van der Waals surface area contributed by atoms with Crippen molar-refractivity contribution in [1.82, 2.24) is 20.2 Å². The molecule has 8 nitrogen and oxygen atoms in total. The fraction of sp³-hybridized carbons (Fsp3) is 0.188. The zero-order chi connectivity index (χ0) is 17.6. The van der Waals surface area contributed by atoms with Crippen LogP contribution in [0, 0.1) is 0 Å². The van der Waals surface area contributed by atoms with Crippen LogP contribution in [0.25, 0.3) is 4.96 Å². The summed E-state index contributed by atoms with van der Waals surface area (Å²) in [6, 6.07) is 7.26. The van der Waals surface area contributed by atoms with E-state index < -0.39 is 0 Å². The van der Waals surface area contributed by atoms with Gasteiger partial charge in [-0.1, -0.05) is 12.1 Å². The standard InChI is InChI=1S/C16H17N5O3S/c1-24-13-5-3-2-4-12(13)17-9-15(23)20-19-14(22)8-11-10-21-6-7-25-16(21)18-11/h2-7,10,17H,8-9H2,1H3,(H,19,22)(H,20,23). The normalized spacial score (nSPS) is 10.4. The fourth-order valence-electron chi connectivity index (χ4n) is 2.22. The molecule has 0 bridgehead atoms. The molecule has 3 aromatic rings. The lowest BCUT2D eigenvalue weighted by Crippen LogP contribution is -2.44. The van der Waals surface area contributed by atoms with Gasteiger partial charge in [-0.05, 0) is 12.1 Å². The van der Waals surface area contributed by atoms with E-state index in [-0.39, 0.29) is 24.8 Å². The van der Waals surface area contributed by atoms with Gasteiger partial charge in [-0.2, -0.15) is 0 Å². The molecule has 0 radical (unpaired) electrons. The number of ether oxygens (including phenoxy) is 1. The number of carbonyl (C=O) groups excluding carboxylic acids is 2. The van der Waals surface area contributed by atoms with Gasteiger partial charge in [0.15, 0.2) is 4.96 Å². The Morgan fingerprint density at radius 3 is 2.84 bits per heavy atom. The molecule has 0 unspecified atom stereocenters. The number of nitrogens with zero attached hydrogens (tertiary/aromatic N) is 2. The van der Waals surface area contributed by atoms with E-state index in [1.54, 1.807) is 25.4 Å². The number of anilines is 1. The number of hydrogen-bond acceptors (Lipinski definition) is 6. The summed E-state index contributed by atoms with van der Waals surface area (Å²) in [5.74, 6) is -0.0689. The van der Waals surface area contributed by atoms with Crippen molar-refractivity contribution in [1.29, 1.82) is 0 Å². The molecular weight excluding hydrogens is 342 g/mol. The monoisotopic (exact) mass is 359 g/mol. The van der Waals surface area contributed by atoms with E-state index in [1.807, 2.05) is 28.1 Å². The minimum absolute atomic E-state index is 0.000856. The first-order chi connectivity index (χ1) is 12.2. The predicted molar refractivity (Wildman–Crippen MR) is 94.5 cm³/mol. The average molecular weight is 359 g/mol. The summed E-state index contributed by atoms with van der Waals surface area (Å²) in [4.78, 5) is 28.8. The maximum atomic E-state index is 11.9. The second kappa shape index (κ2) is 7.67. The molecule has 9 heteroatoms. The molecule has 130 valence electrons. The Balaban J connectivity index is 1.43. The first-order valence-electron chi connectivity index (χ1n) is 7.51. The number of amides is 2. The topological polar surface area (TPSA) is 96.8 Å². The summed E-state index contributed by atoms with van der Waals surface area (Å²) >= 11 is 1.49. The molecule has 3 rings (SSSR count). The Labute approximate surface area is 147 Å². The summed E-state index contributed by atoms with van der Waals surface area (Å²) in [6.45, 7) is 0.000856. The van der Waals surface area contributed by atoms with Crippen molar-refractivity contribution in [2.75, 3.05) is 19.0 Å². The van der Waals surface area contributed by atoms with Crippen LogP contribution in [0.2, 0.25) is 0 Å². The zero-order valence-corrected chi connectivity index (χ0v) is 14.3. The number of carbonyl (C=O) groups is 2. The lowest BCUT2D eigenvalue weighted by Gasteiger charge is -2.11. The number of nitrogens with one attached hydrogen (secondary N) is 3. The Hall–Kier alpha value is -3.07. The minimum Gasteiger partial charge on any atom is -0.495 e. The number of aromatic nitrogens is 2. The minimum atomic E-state index is -0.370. The van der Waals surface area contributed by atoms with E-state index in [4.69, 9.17) is 4.74 Å². The third-order valence-corrected chi connectivity index (χ3v) is 4.14. The number of hydrazine groups is 1. The van der Waals surface area contributed by atoms with E-state index in [0.717, 1.165) is 4.96 Å². The van der Waals surface area contributed by atoms with Crippen molar-refractivity contribution in [3.63, 3.8) is 0 Å². The van der Waals surface area contributed by atoms with Crippen molar-refractivity contribution in [2.45, 2.75) is 6.42 Å². The third kappa shape index (κ3) is 4.27. The van der Waals surface area contributed by atoms with Gasteiger partial charge in [-0.15, -0.1) is 11.3 Å². The van der Waals surface area contributed by atoms with Gasteiger partial charge < -0.3 is 10.1 Å². The van der Waals surface area contributed by atoms with Gasteiger partial charge in [0.25, 0.3) is 5.91 Å². The summed E-state index contributed by atoms with van der Waals surface area (Å²) in [5, 5.41) is 4.87. The van der Waals surface area contributed by atoms with Gasteiger partial charge in [0.2, 0.25) is 5.91 Å². The lowest BCUT2D eigenvalue weighted by molar-refractivity contribution is -0.127. The van der Waals surface area contributed by atoms with E-state index in [9.17, 15) is 9.59 Å². The first-order valence-corrected chi connectivity index (χ1v) is 8.39. The molecule has 0 aliphatic carbocycles. The van der Waals surface area contributed by atoms with Crippen LogP contribution < -0.4 is 20.9 Å². The molecular formula is C16H17N5O3S. The number of para-hydroxylation sites is 2. The van der Waals surface area contributed by atoms with Crippen LogP contribution in [0.3, 0.4) is 0 Å². The number of fused-ring (bicyclic) bond motifs is 1. The Kier molecular flexibility index (Phi) is 5.14. The number of methoxy groups -OCH3 is 1. The second-order valence-electron chi connectivity index (χ2n) is 5.15. The van der Waals surface area contributed by atoms with Crippen LogP contribution in [-0.2, 0) is 16.0 Å². The molecule has 2 aromatic heterocycles. The number of imidazole rings is 1. The number of rotatable bonds is 6.